The van der Waals surface area contributed by atoms with Gasteiger partial charge in [-0.3, -0.25) is 9.69 Å². The van der Waals surface area contributed by atoms with Gasteiger partial charge in [-0.05, 0) is 35.9 Å². The summed E-state index contributed by atoms with van der Waals surface area (Å²) in [5.41, 5.74) is 0.831. The van der Waals surface area contributed by atoms with Crippen LogP contribution in [0.4, 0.5) is 28.9 Å². The van der Waals surface area contributed by atoms with Gasteiger partial charge in [-0.1, -0.05) is 29.8 Å². The van der Waals surface area contributed by atoms with Crippen LogP contribution < -0.4 is 15.0 Å². The fourth-order valence-corrected chi connectivity index (χ4v) is 4.17. The van der Waals surface area contributed by atoms with Crippen molar-refractivity contribution in [2.45, 2.75) is 6.54 Å². The first-order chi connectivity index (χ1) is 16.8. The van der Waals surface area contributed by atoms with Crippen molar-refractivity contribution in [2.75, 3.05) is 43.5 Å². The molecule has 4 rings (SSSR count). The molecule has 1 fully saturated rings. The molecule has 3 aromatic carbocycles. The topological polar surface area (TPSA) is 44.8 Å². The van der Waals surface area contributed by atoms with Gasteiger partial charge >= 0.3 is 0 Å². The number of anilines is 2. The Morgan fingerprint density at radius 2 is 1.51 bits per heavy atom. The first-order valence-electron chi connectivity index (χ1n) is 10.8. The zero-order chi connectivity index (χ0) is 25.1. The lowest BCUT2D eigenvalue weighted by Gasteiger charge is -2.36. The summed E-state index contributed by atoms with van der Waals surface area (Å²) in [5, 5.41) is 3.01. The van der Waals surface area contributed by atoms with Crippen LogP contribution in [0.2, 0.25) is 5.02 Å². The largest absolute Gasteiger partial charge is 0.491 e. The number of rotatable bonds is 6. The number of carbonyl (C=O) groups excluding carboxylic acids is 1. The number of carbonyl (C=O) groups is 1. The molecular weight excluding hydrogens is 486 g/mol. The van der Waals surface area contributed by atoms with Crippen molar-refractivity contribution in [1.82, 2.24) is 4.90 Å². The molecule has 0 aromatic heterocycles. The van der Waals surface area contributed by atoms with E-state index in [2.05, 4.69) is 19.9 Å². The van der Waals surface area contributed by atoms with Crippen molar-refractivity contribution in [3.05, 3.63) is 87.9 Å². The molecule has 1 aliphatic heterocycles. The molecule has 1 amide bonds. The van der Waals surface area contributed by atoms with Crippen LogP contribution in [0.1, 0.15) is 15.9 Å². The zero-order valence-electron chi connectivity index (χ0n) is 18.8. The summed E-state index contributed by atoms with van der Waals surface area (Å²) in [6, 6.07) is 14.3. The fourth-order valence-electron chi connectivity index (χ4n) is 3.97. The molecule has 5 nitrogen and oxygen atoms in total. The smallest absolute Gasteiger partial charge is 0.261 e. The molecule has 0 atom stereocenters. The van der Waals surface area contributed by atoms with Crippen LogP contribution >= 0.6 is 11.6 Å². The van der Waals surface area contributed by atoms with Crippen LogP contribution in [-0.4, -0.2) is 44.1 Å². The standard InChI is InChI=1S/C25H22ClF4N3O2/c1-35-24-22(29)20(27)19(21(28)23(24)30)25(34)31-16-6-8-17(9-7-16)33-12-10-32(11-13-33)14-15-4-2-3-5-18(15)26/h2-9H,10-14H2,1H3,(H,31,34). The number of benzene rings is 3. The van der Waals surface area contributed by atoms with Crippen LogP contribution in [0.5, 0.6) is 5.75 Å². The Kier molecular flexibility index (Phi) is 7.47. The molecule has 0 radical (unpaired) electrons. The minimum absolute atomic E-state index is 0.214. The molecule has 1 saturated heterocycles. The van der Waals surface area contributed by atoms with Gasteiger partial charge in [0.25, 0.3) is 5.91 Å². The number of piperazine rings is 1. The number of ether oxygens (including phenoxy) is 1. The Morgan fingerprint density at radius 3 is 2.09 bits per heavy atom. The van der Waals surface area contributed by atoms with Crippen LogP contribution in [-0.2, 0) is 6.54 Å². The monoisotopic (exact) mass is 507 g/mol. The normalized spacial score (nSPS) is 14.2. The van der Waals surface area contributed by atoms with Gasteiger partial charge in [0, 0.05) is 49.1 Å². The quantitative estimate of drug-likeness (QED) is 0.354. The van der Waals surface area contributed by atoms with Gasteiger partial charge in [-0.2, -0.15) is 8.78 Å². The van der Waals surface area contributed by atoms with Gasteiger partial charge in [0.1, 0.15) is 5.56 Å². The third-order valence-electron chi connectivity index (χ3n) is 5.87. The lowest BCUT2D eigenvalue weighted by Crippen LogP contribution is -2.46. The Morgan fingerprint density at radius 1 is 0.914 bits per heavy atom. The maximum absolute atomic E-state index is 14.2. The van der Waals surface area contributed by atoms with Gasteiger partial charge < -0.3 is 15.0 Å². The predicted molar refractivity (Wildman–Crippen MR) is 126 cm³/mol. The highest BCUT2D eigenvalue weighted by atomic mass is 35.5. The summed E-state index contributed by atoms with van der Waals surface area (Å²) in [7, 11) is 0.862. The van der Waals surface area contributed by atoms with E-state index in [1.54, 1.807) is 24.3 Å². The fraction of sp³-hybridized carbons (Fsp3) is 0.240. The molecular formula is C25H22ClF4N3O2. The van der Waals surface area contributed by atoms with Gasteiger partial charge in [0.15, 0.2) is 17.4 Å². The molecule has 0 saturated carbocycles. The van der Waals surface area contributed by atoms with E-state index in [4.69, 9.17) is 11.6 Å². The van der Waals surface area contributed by atoms with Gasteiger partial charge in [0.05, 0.1) is 7.11 Å². The van der Waals surface area contributed by atoms with E-state index in [9.17, 15) is 22.4 Å². The molecule has 184 valence electrons. The van der Waals surface area contributed by atoms with Gasteiger partial charge in [0.2, 0.25) is 11.6 Å². The molecule has 35 heavy (non-hydrogen) atoms. The second-order valence-corrected chi connectivity index (χ2v) is 8.43. The third kappa shape index (κ3) is 5.21. The minimum atomic E-state index is -1.83. The molecule has 0 bridgehead atoms. The lowest BCUT2D eigenvalue weighted by atomic mass is 10.1. The summed E-state index contributed by atoms with van der Waals surface area (Å²) in [6.07, 6.45) is 0. The van der Waals surface area contributed by atoms with Gasteiger partial charge in [-0.15, -0.1) is 0 Å². The molecule has 3 aromatic rings. The summed E-state index contributed by atoms with van der Waals surface area (Å²) in [5.74, 6) is -9.76. The molecule has 0 spiro atoms. The highest BCUT2D eigenvalue weighted by Crippen LogP contribution is 2.30. The maximum Gasteiger partial charge on any atom is 0.261 e. The van der Waals surface area contributed by atoms with E-state index >= 15 is 0 Å². The van der Waals surface area contributed by atoms with Crippen molar-refractivity contribution in [3.8, 4) is 5.75 Å². The average Bonchev–Trinajstić information content (AvgIpc) is 2.86. The van der Waals surface area contributed by atoms with E-state index in [1.807, 2.05) is 24.3 Å². The second-order valence-electron chi connectivity index (χ2n) is 8.02. The number of methoxy groups -OCH3 is 1. The summed E-state index contributed by atoms with van der Waals surface area (Å²) >= 11 is 6.25. The molecule has 1 heterocycles. The summed E-state index contributed by atoms with van der Waals surface area (Å²) in [4.78, 5) is 16.8. The van der Waals surface area contributed by atoms with Crippen LogP contribution in [0, 0.1) is 23.3 Å². The highest BCUT2D eigenvalue weighted by Gasteiger charge is 2.30. The van der Waals surface area contributed by atoms with E-state index in [0.717, 1.165) is 56.1 Å². The second kappa shape index (κ2) is 10.5. The first kappa shape index (κ1) is 24.8. The lowest BCUT2D eigenvalue weighted by molar-refractivity contribution is 0.101. The van der Waals surface area contributed by atoms with Crippen LogP contribution in [0.15, 0.2) is 48.5 Å². The Balaban J connectivity index is 1.39. The SMILES string of the molecule is COc1c(F)c(F)c(C(=O)Nc2ccc(N3CCN(Cc4ccccc4Cl)CC3)cc2)c(F)c1F. The number of amides is 1. The van der Waals surface area contributed by atoms with Crippen molar-refractivity contribution in [3.63, 3.8) is 0 Å². The van der Waals surface area contributed by atoms with E-state index in [0.29, 0.717) is 0 Å². The van der Waals surface area contributed by atoms with Crippen molar-refractivity contribution in [2.24, 2.45) is 0 Å². The number of halogens is 5. The third-order valence-corrected chi connectivity index (χ3v) is 6.24. The number of nitrogens with zero attached hydrogens (tertiary/aromatic N) is 2. The zero-order valence-corrected chi connectivity index (χ0v) is 19.5. The number of hydrogen-bond donors (Lipinski definition) is 1. The van der Waals surface area contributed by atoms with E-state index < -0.39 is 40.5 Å². The number of hydrogen-bond acceptors (Lipinski definition) is 4. The molecule has 1 aliphatic rings. The van der Waals surface area contributed by atoms with Crippen molar-refractivity contribution < 1.29 is 27.1 Å². The van der Waals surface area contributed by atoms with Crippen molar-refractivity contribution in [1.29, 1.82) is 0 Å². The average molecular weight is 508 g/mol. The van der Waals surface area contributed by atoms with E-state index in [1.165, 1.54) is 0 Å². The number of nitrogens with one attached hydrogen (secondary N) is 1. The maximum atomic E-state index is 14.2. The molecule has 1 N–H and O–H groups in total. The molecule has 0 unspecified atom stereocenters. The highest BCUT2D eigenvalue weighted by molar-refractivity contribution is 6.31. The van der Waals surface area contributed by atoms with Crippen molar-refractivity contribution >= 4 is 28.9 Å². The Bertz CT molecular complexity index is 1200. The van der Waals surface area contributed by atoms with E-state index in [-0.39, 0.29) is 5.69 Å². The van der Waals surface area contributed by atoms with Crippen LogP contribution in [0.3, 0.4) is 0 Å². The summed E-state index contributed by atoms with van der Waals surface area (Å²) in [6.45, 7) is 3.97. The van der Waals surface area contributed by atoms with Crippen LogP contribution in [0.25, 0.3) is 0 Å². The minimum Gasteiger partial charge on any atom is -0.491 e. The van der Waals surface area contributed by atoms with Gasteiger partial charge in [-0.25, -0.2) is 8.78 Å². The summed E-state index contributed by atoms with van der Waals surface area (Å²) < 4.78 is 60.6. The Hall–Kier alpha value is -3.30. The predicted octanol–water partition coefficient (Wildman–Crippen LogP) is 5.48. The molecule has 10 heteroatoms. The first-order valence-corrected chi connectivity index (χ1v) is 11.2. The molecule has 0 aliphatic carbocycles. The Labute approximate surface area is 204 Å².